The topological polar surface area (TPSA) is 55.3 Å². The number of rotatable bonds is 4. The van der Waals surface area contributed by atoms with Gasteiger partial charge in [0.05, 0.1) is 17.0 Å². The molecule has 0 bridgehead atoms. The molecule has 0 aliphatic carbocycles. The SMILES string of the molecule is CN(C)C(=O)c1nnc(CC2OCC=CS2)c2cc(-c3ccc(Cl)cc3)sc12. The highest BCUT2D eigenvalue weighted by molar-refractivity contribution is 8.02. The summed E-state index contributed by atoms with van der Waals surface area (Å²) in [6.45, 7) is 0.602. The quantitative estimate of drug-likeness (QED) is 0.590. The Balaban J connectivity index is 1.81. The number of amides is 1. The van der Waals surface area contributed by atoms with Crippen molar-refractivity contribution in [1.29, 1.82) is 0 Å². The van der Waals surface area contributed by atoms with E-state index < -0.39 is 0 Å². The van der Waals surface area contributed by atoms with E-state index in [9.17, 15) is 4.79 Å². The molecule has 1 aliphatic rings. The summed E-state index contributed by atoms with van der Waals surface area (Å²) in [5.74, 6) is -0.153. The van der Waals surface area contributed by atoms with Gasteiger partial charge in [0, 0.05) is 35.8 Å². The highest BCUT2D eigenvalue weighted by atomic mass is 35.5. The molecule has 0 fully saturated rings. The molecule has 1 unspecified atom stereocenters. The van der Waals surface area contributed by atoms with E-state index in [-0.39, 0.29) is 11.3 Å². The van der Waals surface area contributed by atoms with E-state index in [2.05, 4.69) is 21.7 Å². The van der Waals surface area contributed by atoms with Gasteiger partial charge in [-0.25, -0.2) is 0 Å². The molecule has 0 N–H and O–H groups in total. The molecule has 2 aromatic heterocycles. The molecular formula is C20H18ClN3O2S2. The van der Waals surface area contributed by atoms with Crippen LogP contribution in [0.15, 0.2) is 41.8 Å². The lowest BCUT2D eigenvalue weighted by Crippen LogP contribution is -2.24. The van der Waals surface area contributed by atoms with Gasteiger partial charge < -0.3 is 9.64 Å². The molecule has 1 aliphatic heterocycles. The van der Waals surface area contributed by atoms with Crippen LogP contribution in [0, 0.1) is 0 Å². The number of carbonyl (C=O) groups excluding carboxylic acids is 1. The first-order chi connectivity index (χ1) is 13.5. The van der Waals surface area contributed by atoms with Gasteiger partial charge in [-0.1, -0.05) is 29.8 Å². The van der Waals surface area contributed by atoms with Crippen molar-refractivity contribution in [3.05, 3.63) is 58.2 Å². The summed E-state index contributed by atoms with van der Waals surface area (Å²) in [6, 6.07) is 9.77. The first-order valence-electron chi connectivity index (χ1n) is 8.71. The van der Waals surface area contributed by atoms with Crippen molar-refractivity contribution in [2.75, 3.05) is 20.7 Å². The fraction of sp³-hybridized carbons (Fsp3) is 0.250. The van der Waals surface area contributed by atoms with Crippen molar-refractivity contribution < 1.29 is 9.53 Å². The summed E-state index contributed by atoms with van der Waals surface area (Å²) in [6.07, 6.45) is 2.62. The molecule has 1 aromatic carbocycles. The average Bonchev–Trinajstić information content (AvgIpc) is 3.15. The maximum absolute atomic E-state index is 12.6. The molecule has 3 aromatic rings. The highest BCUT2D eigenvalue weighted by Crippen LogP contribution is 2.37. The number of thiophene rings is 1. The zero-order chi connectivity index (χ0) is 19.7. The van der Waals surface area contributed by atoms with Crippen LogP contribution in [-0.4, -0.2) is 47.1 Å². The Morgan fingerprint density at radius 1 is 1.29 bits per heavy atom. The number of thioether (sulfide) groups is 1. The number of carbonyl (C=O) groups is 1. The van der Waals surface area contributed by atoms with Crippen LogP contribution in [0.5, 0.6) is 0 Å². The number of nitrogens with zero attached hydrogens (tertiary/aromatic N) is 3. The van der Waals surface area contributed by atoms with Gasteiger partial charge in [-0.3, -0.25) is 4.79 Å². The maximum Gasteiger partial charge on any atom is 0.275 e. The first-order valence-corrected chi connectivity index (χ1v) is 10.9. The molecule has 5 nitrogen and oxygen atoms in total. The zero-order valence-electron chi connectivity index (χ0n) is 15.4. The molecule has 0 saturated heterocycles. The number of fused-ring (bicyclic) bond motifs is 1. The number of aromatic nitrogens is 2. The predicted molar refractivity (Wildman–Crippen MR) is 116 cm³/mol. The molecule has 1 amide bonds. The Morgan fingerprint density at radius 3 is 2.75 bits per heavy atom. The van der Waals surface area contributed by atoms with Gasteiger partial charge in [0.15, 0.2) is 5.69 Å². The van der Waals surface area contributed by atoms with Crippen LogP contribution in [0.2, 0.25) is 5.02 Å². The van der Waals surface area contributed by atoms with Crippen molar-refractivity contribution >= 4 is 50.7 Å². The summed E-state index contributed by atoms with van der Waals surface area (Å²) in [7, 11) is 3.44. The highest BCUT2D eigenvalue weighted by Gasteiger charge is 2.22. The molecule has 1 atom stereocenters. The normalized spacial score (nSPS) is 16.5. The minimum Gasteiger partial charge on any atom is -0.363 e. The standard InChI is InChI=1S/C20H18ClN3O2S2/c1-24(2)20(25)18-19-14(10-16(28-19)12-4-6-13(21)7-5-12)15(22-23-18)11-17-26-8-3-9-27-17/h3-7,9-10,17H,8,11H2,1-2H3. The molecule has 8 heteroatoms. The van der Waals surface area contributed by atoms with E-state index in [0.29, 0.717) is 23.7 Å². The summed E-state index contributed by atoms with van der Waals surface area (Å²) >= 11 is 9.20. The van der Waals surface area contributed by atoms with Crippen LogP contribution < -0.4 is 0 Å². The van der Waals surface area contributed by atoms with E-state index in [1.165, 1.54) is 4.90 Å². The van der Waals surface area contributed by atoms with Crippen molar-refractivity contribution in [2.24, 2.45) is 0 Å². The molecular weight excluding hydrogens is 414 g/mol. The van der Waals surface area contributed by atoms with Crippen molar-refractivity contribution in [1.82, 2.24) is 15.1 Å². The monoisotopic (exact) mass is 431 g/mol. The lowest BCUT2D eigenvalue weighted by atomic mass is 10.1. The number of halogens is 1. The van der Waals surface area contributed by atoms with E-state index in [1.54, 1.807) is 37.2 Å². The Morgan fingerprint density at radius 2 is 2.07 bits per heavy atom. The van der Waals surface area contributed by atoms with Gasteiger partial charge in [0.2, 0.25) is 0 Å². The van der Waals surface area contributed by atoms with Gasteiger partial charge in [-0.15, -0.1) is 28.2 Å². The van der Waals surface area contributed by atoms with Crippen LogP contribution in [-0.2, 0) is 11.2 Å². The molecule has 0 radical (unpaired) electrons. The number of ether oxygens (including phenoxy) is 1. The average molecular weight is 432 g/mol. The number of hydrogen-bond acceptors (Lipinski definition) is 6. The van der Waals surface area contributed by atoms with Crippen LogP contribution >= 0.6 is 34.7 Å². The smallest absolute Gasteiger partial charge is 0.275 e. The molecule has 28 heavy (non-hydrogen) atoms. The third-order valence-corrected chi connectivity index (χ3v) is 6.73. The largest absolute Gasteiger partial charge is 0.363 e. The fourth-order valence-electron chi connectivity index (χ4n) is 2.90. The second kappa shape index (κ2) is 8.21. The lowest BCUT2D eigenvalue weighted by Gasteiger charge is -2.18. The number of benzene rings is 1. The molecule has 144 valence electrons. The van der Waals surface area contributed by atoms with E-state index >= 15 is 0 Å². The second-order valence-electron chi connectivity index (χ2n) is 6.53. The van der Waals surface area contributed by atoms with Gasteiger partial charge >= 0.3 is 0 Å². The third kappa shape index (κ3) is 3.93. The van der Waals surface area contributed by atoms with Crippen LogP contribution in [0.1, 0.15) is 16.2 Å². The summed E-state index contributed by atoms with van der Waals surface area (Å²) < 4.78 is 6.63. The molecule has 3 heterocycles. The first kappa shape index (κ1) is 19.4. The Labute approximate surface area is 176 Å². The van der Waals surface area contributed by atoms with Crippen LogP contribution in [0.4, 0.5) is 0 Å². The number of hydrogen-bond donors (Lipinski definition) is 0. The lowest BCUT2D eigenvalue weighted by molar-refractivity contribution is 0.0823. The van der Waals surface area contributed by atoms with Gasteiger partial charge in [-0.05, 0) is 29.2 Å². The van der Waals surface area contributed by atoms with Crippen molar-refractivity contribution in [3.63, 3.8) is 0 Å². The van der Waals surface area contributed by atoms with Crippen LogP contribution in [0.25, 0.3) is 20.5 Å². The molecule has 0 spiro atoms. The van der Waals surface area contributed by atoms with E-state index in [0.717, 1.165) is 26.2 Å². The fourth-order valence-corrected chi connectivity index (χ4v) is 4.96. The van der Waals surface area contributed by atoms with Crippen LogP contribution in [0.3, 0.4) is 0 Å². The second-order valence-corrected chi connectivity index (χ2v) is 9.09. The molecule has 0 saturated carbocycles. The Bertz CT molecular complexity index is 1050. The minimum absolute atomic E-state index is 0.00298. The Kier molecular flexibility index (Phi) is 5.68. The third-order valence-electron chi connectivity index (χ3n) is 4.33. The summed E-state index contributed by atoms with van der Waals surface area (Å²) in [4.78, 5) is 15.2. The predicted octanol–water partition coefficient (Wildman–Crippen LogP) is 4.86. The minimum atomic E-state index is -0.153. The van der Waals surface area contributed by atoms with Gasteiger partial charge in [-0.2, -0.15) is 5.10 Å². The van der Waals surface area contributed by atoms with Crippen molar-refractivity contribution in [2.45, 2.75) is 11.9 Å². The summed E-state index contributed by atoms with van der Waals surface area (Å²) in [5.41, 5.74) is 2.27. The maximum atomic E-state index is 12.6. The zero-order valence-corrected chi connectivity index (χ0v) is 17.8. The van der Waals surface area contributed by atoms with E-state index in [4.69, 9.17) is 16.3 Å². The molecule has 4 rings (SSSR count). The van der Waals surface area contributed by atoms with Crippen molar-refractivity contribution in [3.8, 4) is 10.4 Å². The van der Waals surface area contributed by atoms with Gasteiger partial charge in [0.25, 0.3) is 5.91 Å². The van der Waals surface area contributed by atoms with E-state index in [1.807, 2.05) is 30.3 Å². The summed E-state index contributed by atoms with van der Waals surface area (Å²) in [5, 5.41) is 12.4. The Hall–Kier alpha value is -1.93. The van der Waals surface area contributed by atoms with Gasteiger partial charge in [0.1, 0.15) is 5.44 Å².